The average Bonchev–Trinajstić information content (AvgIpc) is 2.64. The molecule has 1 N–H and O–H groups in total. The van der Waals surface area contributed by atoms with Crippen LogP contribution < -0.4 is 9.47 Å². The van der Waals surface area contributed by atoms with Gasteiger partial charge in [-0.25, -0.2) is 8.42 Å². The summed E-state index contributed by atoms with van der Waals surface area (Å²) in [5, 5.41) is 11.0. The molecule has 10 heteroatoms. The molecule has 0 fully saturated rings. The van der Waals surface area contributed by atoms with Crippen molar-refractivity contribution in [2.75, 3.05) is 18.9 Å². The van der Waals surface area contributed by atoms with Gasteiger partial charge in [0.1, 0.15) is 23.2 Å². The van der Waals surface area contributed by atoms with Gasteiger partial charge in [0, 0.05) is 18.5 Å². The zero-order valence-corrected chi connectivity index (χ0v) is 18.5. The van der Waals surface area contributed by atoms with Gasteiger partial charge in [0.15, 0.2) is 0 Å². The third kappa shape index (κ3) is 5.79. The summed E-state index contributed by atoms with van der Waals surface area (Å²) in [6.07, 6.45) is -5.99. The molecule has 2 rings (SSSR count). The molecule has 0 aromatic heterocycles. The highest BCUT2D eigenvalue weighted by atomic mass is 32.2. The van der Waals surface area contributed by atoms with Crippen LogP contribution in [-0.4, -0.2) is 54.6 Å². The molecule has 1 aromatic rings. The molecule has 0 bridgehead atoms. The first kappa shape index (κ1) is 24.7. The van der Waals surface area contributed by atoms with Crippen molar-refractivity contribution < 1.29 is 36.2 Å². The van der Waals surface area contributed by atoms with Gasteiger partial charge in [-0.15, -0.1) is 0 Å². The number of nitrogens with zero attached hydrogens (tertiary/aromatic N) is 1. The molecule has 0 saturated heterocycles. The second kappa shape index (κ2) is 9.32. The van der Waals surface area contributed by atoms with Crippen LogP contribution in [0.25, 0.3) is 0 Å². The predicted molar refractivity (Wildman–Crippen MR) is 107 cm³/mol. The number of aliphatic hydroxyl groups is 1. The van der Waals surface area contributed by atoms with Crippen molar-refractivity contribution in [2.45, 2.75) is 70.9 Å². The van der Waals surface area contributed by atoms with Gasteiger partial charge in [0.25, 0.3) is 0 Å². The summed E-state index contributed by atoms with van der Waals surface area (Å²) in [6, 6.07) is 3.81. The SMILES string of the molecule is CCCN([C@H]1c2cc(OCCCC(F)(F)F)ccc2OC(C)(C)[C@@H]1O)S(=O)(=O)CC. The van der Waals surface area contributed by atoms with Crippen LogP contribution in [0.3, 0.4) is 0 Å². The average molecular weight is 454 g/mol. The van der Waals surface area contributed by atoms with Crippen molar-refractivity contribution in [1.29, 1.82) is 0 Å². The normalized spacial score (nSPS) is 21.2. The number of aliphatic hydroxyl groups excluding tert-OH is 1. The molecule has 0 saturated carbocycles. The van der Waals surface area contributed by atoms with Crippen LogP contribution >= 0.6 is 0 Å². The standard InChI is InChI=1S/C20H30F3NO5S/c1-5-11-24(30(26,27)6-2)17-15-13-14(28-12-7-10-20(21,22)23)8-9-16(15)29-19(3,4)18(17)25/h8-9,13,17-18,25H,5-7,10-12H2,1-4H3/t17-,18+/m0/s1. The van der Waals surface area contributed by atoms with E-state index >= 15 is 0 Å². The highest BCUT2D eigenvalue weighted by molar-refractivity contribution is 7.89. The van der Waals surface area contributed by atoms with Crippen LogP contribution in [0.2, 0.25) is 0 Å². The quantitative estimate of drug-likeness (QED) is 0.571. The first-order valence-electron chi connectivity index (χ1n) is 10.0. The zero-order chi connectivity index (χ0) is 22.7. The minimum absolute atomic E-state index is 0.125. The molecule has 6 nitrogen and oxygen atoms in total. The summed E-state index contributed by atoms with van der Waals surface area (Å²) in [4.78, 5) is 0. The Kier molecular flexibility index (Phi) is 7.68. The third-order valence-corrected chi connectivity index (χ3v) is 6.89. The van der Waals surface area contributed by atoms with Gasteiger partial charge in [-0.1, -0.05) is 6.92 Å². The molecule has 172 valence electrons. The maximum Gasteiger partial charge on any atom is 0.389 e. The van der Waals surface area contributed by atoms with E-state index in [-0.39, 0.29) is 25.3 Å². The Morgan fingerprint density at radius 1 is 1.27 bits per heavy atom. The highest BCUT2D eigenvalue weighted by Crippen LogP contribution is 2.45. The van der Waals surface area contributed by atoms with Gasteiger partial charge in [-0.2, -0.15) is 17.5 Å². The van der Waals surface area contributed by atoms with Gasteiger partial charge < -0.3 is 14.6 Å². The fourth-order valence-electron chi connectivity index (χ4n) is 3.45. The molecule has 0 unspecified atom stereocenters. The summed E-state index contributed by atoms with van der Waals surface area (Å²) < 4.78 is 75.1. The highest BCUT2D eigenvalue weighted by Gasteiger charge is 2.48. The van der Waals surface area contributed by atoms with Crippen LogP contribution in [0, 0.1) is 0 Å². The van der Waals surface area contributed by atoms with Crippen molar-refractivity contribution in [3.05, 3.63) is 23.8 Å². The monoisotopic (exact) mass is 453 g/mol. The van der Waals surface area contributed by atoms with E-state index in [4.69, 9.17) is 9.47 Å². The first-order chi connectivity index (χ1) is 13.8. The van der Waals surface area contributed by atoms with Gasteiger partial charge in [-0.05, 0) is 51.8 Å². The zero-order valence-electron chi connectivity index (χ0n) is 17.7. The van der Waals surface area contributed by atoms with E-state index < -0.39 is 40.4 Å². The summed E-state index contributed by atoms with van der Waals surface area (Å²) >= 11 is 0. The number of sulfonamides is 1. The Hall–Kier alpha value is -1.52. The van der Waals surface area contributed by atoms with Crippen LogP contribution in [0.4, 0.5) is 13.2 Å². The van der Waals surface area contributed by atoms with Crippen molar-refractivity contribution in [2.24, 2.45) is 0 Å². The van der Waals surface area contributed by atoms with Crippen molar-refractivity contribution in [3.63, 3.8) is 0 Å². The molecule has 1 aromatic carbocycles. The van der Waals surface area contributed by atoms with E-state index in [0.717, 1.165) is 0 Å². The minimum atomic E-state index is -4.25. The second-order valence-electron chi connectivity index (χ2n) is 7.87. The van der Waals surface area contributed by atoms with Crippen LogP contribution in [-0.2, 0) is 10.0 Å². The van der Waals surface area contributed by atoms with Crippen molar-refractivity contribution in [1.82, 2.24) is 4.31 Å². The molecule has 30 heavy (non-hydrogen) atoms. The molecule has 0 aliphatic carbocycles. The second-order valence-corrected chi connectivity index (χ2v) is 10.1. The molecule has 2 atom stereocenters. The maximum atomic E-state index is 12.8. The van der Waals surface area contributed by atoms with Crippen LogP contribution in [0.15, 0.2) is 18.2 Å². The van der Waals surface area contributed by atoms with E-state index in [1.165, 1.54) is 11.2 Å². The molecule has 0 spiro atoms. The molecular weight excluding hydrogens is 423 g/mol. The number of benzene rings is 1. The molecule has 0 radical (unpaired) electrons. The molecule has 1 aliphatic rings. The van der Waals surface area contributed by atoms with E-state index in [0.29, 0.717) is 23.5 Å². The van der Waals surface area contributed by atoms with Gasteiger partial charge in [0.05, 0.1) is 18.4 Å². The molecule has 0 amide bonds. The lowest BCUT2D eigenvalue weighted by atomic mass is 9.86. The van der Waals surface area contributed by atoms with Crippen LogP contribution in [0.1, 0.15) is 58.6 Å². The number of halogens is 3. The summed E-state index contributed by atoms with van der Waals surface area (Å²) in [5.74, 6) is 0.577. The minimum Gasteiger partial charge on any atom is -0.494 e. The maximum absolute atomic E-state index is 12.8. The Bertz CT molecular complexity index is 826. The first-order valence-corrected chi connectivity index (χ1v) is 11.6. The number of alkyl halides is 3. The summed E-state index contributed by atoms with van der Waals surface area (Å²) in [5.41, 5.74) is -0.609. The number of fused-ring (bicyclic) bond motifs is 1. The molecule has 1 heterocycles. The lowest BCUT2D eigenvalue weighted by molar-refractivity contribution is -0.136. The third-order valence-electron chi connectivity index (χ3n) is 5.03. The number of ether oxygens (including phenoxy) is 2. The fraction of sp³-hybridized carbons (Fsp3) is 0.700. The lowest BCUT2D eigenvalue weighted by Crippen LogP contribution is -2.55. The van der Waals surface area contributed by atoms with Crippen molar-refractivity contribution >= 4 is 10.0 Å². The Morgan fingerprint density at radius 3 is 2.50 bits per heavy atom. The molecule has 1 aliphatic heterocycles. The van der Waals surface area contributed by atoms with Crippen molar-refractivity contribution in [3.8, 4) is 11.5 Å². The smallest absolute Gasteiger partial charge is 0.389 e. The Morgan fingerprint density at radius 2 is 1.93 bits per heavy atom. The molecular formula is C20H30F3NO5S. The summed E-state index contributed by atoms with van der Waals surface area (Å²) in [7, 11) is -3.65. The van der Waals surface area contributed by atoms with Gasteiger partial charge in [0.2, 0.25) is 10.0 Å². The Balaban J connectivity index is 2.39. The van der Waals surface area contributed by atoms with Gasteiger partial charge >= 0.3 is 6.18 Å². The van der Waals surface area contributed by atoms with Gasteiger partial charge in [-0.3, -0.25) is 0 Å². The number of hydrogen-bond acceptors (Lipinski definition) is 5. The Labute approximate surface area is 176 Å². The predicted octanol–water partition coefficient (Wildman–Crippen LogP) is 4.04. The summed E-state index contributed by atoms with van der Waals surface area (Å²) in [6.45, 7) is 6.82. The van der Waals surface area contributed by atoms with Crippen LogP contribution in [0.5, 0.6) is 11.5 Å². The largest absolute Gasteiger partial charge is 0.494 e. The lowest BCUT2D eigenvalue weighted by Gasteiger charge is -2.45. The number of rotatable bonds is 9. The topological polar surface area (TPSA) is 76.1 Å². The number of hydrogen-bond donors (Lipinski definition) is 1. The van der Waals surface area contributed by atoms with E-state index in [1.807, 2.05) is 6.92 Å². The fourth-order valence-corrected chi connectivity index (χ4v) is 4.81. The van der Waals surface area contributed by atoms with E-state index in [9.17, 15) is 26.7 Å². The van der Waals surface area contributed by atoms with E-state index in [2.05, 4.69) is 0 Å². The van der Waals surface area contributed by atoms with E-state index in [1.54, 1.807) is 32.0 Å².